The summed E-state index contributed by atoms with van der Waals surface area (Å²) in [6, 6.07) is 3.13. The quantitative estimate of drug-likeness (QED) is 0.412. The number of ether oxygens (including phenoxy) is 4. The fourth-order valence-corrected chi connectivity index (χ4v) is 3.07. The number of nitrogens with two attached hydrogens (primary N) is 1. The predicted octanol–water partition coefficient (Wildman–Crippen LogP) is 0.735. The van der Waals surface area contributed by atoms with Crippen LogP contribution in [0.25, 0.3) is 0 Å². The number of rotatable bonds is 8. The van der Waals surface area contributed by atoms with Gasteiger partial charge in [0, 0.05) is 6.20 Å². The molecule has 0 saturated carbocycles. The van der Waals surface area contributed by atoms with E-state index in [4.69, 9.17) is 24.7 Å². The van der Waals surface area contributed by atoms with Gasteiger partial charge in [-0.3, -0.25) is 19.0 Å². The van der Waals surface area contributed by atoms with Crippen molar-refractivity contribution in [3.05, 3.63) is 22.7 Å². The second-order valence-electron chi connectivity index (χ2n) is 8.82. The summed E-state index contributed by atoms with van der Waals surface area (Å²) in [5, 5.41) is 10.2. The van der Waals surface area contributed by atoms with Crippen LogP contribution < -0.4 is 11.4 Å². The molecule has 0 bridgehead atoms. The highest BCUT2D eigenvalue weighted by Crippen LogP contribution is 2.39. The van der Waals surface area contributed by atoms with Gasteiger partial charge in [0.25, 0.3) is 5.72 Å². The lowest BCUT2D eigenvalue weighted by Crippen LogP contribution is -2.52. The number of anilines is 1. The van der Waals surface area contributed by atoms with E-state index in [1.54, 1.807) is 41.5 Å². The molecule has 1 aromatic rings. The fraction of sp³-hybridized carbons (Fsp3) is 0.636. The van der Waals surface area contributed by atoms with Crippen LogP contribution in [0.1, 0.15) is 41.5 Å². The van der Waals surface area contributed by atoms with Crippen molar-refractivity contribution in [3.63, 3.8) is 0 Å². The number of hydrogen-bond donors (Lipinski definition) is 1. The number of nitrogens with zero attached hydrogens (tertiary/aromatic N) is 3. The van der Waals surface area contributed by atoms with Gasteiger partial charge in [-0.1, -0.05) is 41.5 Å². The summed E-state index contributed by atoms with van der Waals surface area (Å²) >= 11 is 0. The van der Waals surface area contributed by atoms with E-state index >= 15 is 0 Å². The minimum absolute atomic E-state index is 0.103. The lowest BCUT2D eigenvalue weighted by Gasteiger charge is -2.30. The van der Waals surface area contributed by atoms with Gasteiger partial charge in [-0.15, -0.1) is 0 Å². The Hall–Kier alpha value is -3.46. The number of nitriles is 1. The van der Waals surface area contributed by atoms with Gasteiger partial charge in [0.15, 0.2) is 6.10 Å². The average molecular weight is 479 g/mol. The Morgan fingerprint density at radius 2 is 1.68 bits per heavy atom. The first kappa shape index (κ1) is 26.8. The molecule has 12 heteroatoms. The number of carbonyl (C=O) groups is 3. The van der Waals surface area contributed by atoms with Gasteiger partial charge in [-0.25, -0.2) is 4.79 Å². The summed E-state index contributed by atoms with van der Waals surface area (Å²) in [6.07, 6.45) is -3.03. The SMILES string of the molecule is CC(C)C(=O)OC[C@H]1OC(C#N)(n2ccc(N)nc2=O)C(OC(=O)C(C)C)C1OC(=O)C(C)C. The van der Waals surface area contributed by atoms with Crippen molar-refractivity contribution in [2.45, 2.75) is 65.6 Å². The summed E-state index contributed by atoms with van der Waals surface area (Å²) in [4.78, 5) is 53.4. The van der Waals surface area contributed by atoms with E-state index < -0.39 is 72.0 Å². The van der Waals surface area contributed by atoms with Crippen LogP contribution >= 0.6 is 0 Å². The Bertz CT molecular complexity index is 1030. The molecule has 0 amide bonds. The van der Waals surface area contributed by atoms with E-state index in [0.717, 1.165) is 10.8 Å². The molecule has 1 aliphatic rings. The molecule has 2 heterocycles. The van der Waals surface area contributed by atoms with Gasteiger partial charge in [0.05, 0.1) is 17.8 Å². The highest BCUT2D eigenvalue weighted by Gasteiger charge is 2.62. The van der Waals surface area contributed by atoms with Crippen molar-refractivity contribution in [1.29, 1.82) is 5.26 Å². The van der Waals surface area contributed by atoms with Crippen LogP contribution in [0, 0.1) is 29.1 Å². The predicted molar refractivity (Wildman–Crippen MR) is 117 cm³/mol. The van der Waals surface area contributed by atoms with Crippen LogP contribution in [-0.4, -0.2) is 52.4 Å². The number of carbonyl (C=O) groups excluding carboxylic acids is 3. The third-order valence-electron chi connectivity index (χ3n) is 5.02. The van der Waals surface area contributed by atoms with E-state index in [9.17, 15) is 24.4 Å². The monoisotopic (exact) mass is 478 g/mol. The molecule has 12 nitrogen and oxygen atoms in total. The van der Waals surface area contributed by atoms with Gasteiger partial charge in [0.1, 0.15) is 24.6 Å². The van der Waals surface area contributed by atoms with E-state index in [2.05, 4.69) is 4.98 Å². The molecule has 2 rings (SSSR count). The second kappa shape index (κ2) is 10.6. The van der Waals surface area contributed by atoms with Gasteiger partial charge in [-0.2, -0.15) is 10.2 Å². The Kier molecular flexibility index (Phi) is 8.39. The minimum Gasteiger partial charge on any atom is -0.463 e. The van der Waals surface area contributed by atoms with Gasteiger partial charge < -0.3 is 24.7 Å². The average Bonchev–Trinajstić information content (AvgIpc) is 3.04. The largest absolute Gasteiger partial charge is 0.463 e. The highest BCUT2D eigenvalue weighted by atomic mass is 16.7. The van der Waals surface area contributed by atoms with Crippen LogP contribution in [-0.2, 0) is 39.1 Å². The smallest absolute Gasteiger partial charge is 0.352 e. The first-order valence-corrected chi connectivity index (χ1v) is 10.9. The molecule has 2 N–H and O–H groups in total. The van der Waals surface area contributed by atoms with Crippen molar-refractivity contribution in [1.82, 2.24) is 9.55 Å². The Labute approximate surface area is 196 Å². The summed E-state index contributed by atoms with van der Waals surface area (Å²) in [6.45, 7) is 9.14. The summed E-state index contributed by atoms with van der Waals surface area (Å²) in [7, 11) is 0. The van der Waals surface area contributed by atoms with Crippen LogP contribution in [0.4, 0.5) is 5.82 Å². The van der Waals surface area contributed by atoms with Crippen molar-refractivity contribution in [2.75, 3.05) is 12.3 Å². The zero-order valence-corrected chi connectivity index (χ0v) is 20.0. The maximum Gasteiger partial charge on any atom is 0.352 e. The van der Waals surface area contributed by atoms with Crippen LogP contribution in [0.2, 0.25) is 0 Å². The third-order valence-corrected chi connectivity index (χ3v) is 5.02. The molecule has 0 radical (unpaired) electrons. The molecule has 186 valence electrons. The molecule has 0 aliphatic carbocycles. The van der Waals surface area contributed by atoms with E-state index in [1.807, 2.05) is 6.07 Å². The number of esters is 3. The molecule has 4 atom stereocenters. The Morgan fingerprint density at radius 1 is 1.12 bits per heavy atom. The summed E-state index contributed by atoms with van der Waals surface area (Å²) in [5.74, 6) is -3.71. The first-order chi connectivity index (χ1) is 15.8. The normalized spacial score (nSPS) is 24.2. The maximum atomic E-state index is 12.7. The zero-order chi connectivity index (χ0) is 25.8. The van der Waals surface area contributed by atoms with E-state index in [0.29, 0.717) is 0 Å². The molecular formula is C22H30N4O8. The molecule has 1 saturated heterocycles. The number of nitrogen functional groups attached to an aromatic ring is 1. The van der Waals surface area contributed by atoms with Crippen LogP contribution in [0.15, 0.2) is 17.1 Å². The molecule has 0 spiro atoms. The van der Waals surface area contributed by atoms with Crippen LogP contribution in [0.3, 0.4) is 0 Å². The van der Waals surface area contributed by atoms with Crippen molar-refractivity contribution in [2.24, 2.45) is 17.8 Å². The molecule has 1 aromatic heterocycles. The lowest BCUT2D eigenvalue weighted by molar-refractivity contribution is -0.177. The molecule has 34 heavy (non-hydrogen) atoms. The summed E-state index contributed by atoms with van der Waals surface area (Å²) in [5.41, 5.74) is 2.33. The zero-order valence-electron chi connectivity index (χ0n) is 20.0. The third kappa shape index (κ3) is 5.53. The van der Waals surface area contributed by atoms with Gasteiger partial charge in [0.2, 0.25) is 6.10 Å². The molecule has 0 aromatic carbocycles. The molecule has 1 aliphatic heterocycles. The lowest BCUT2D eigenvalue weighted by atomic mass is 10.0. The van der Waals surface area contributed by atoms with E-state index in [1.165, 1.54) is 6.07 Å². The van der Waals surface area contributed by atoms with Crippen molar-refractivity contribution < 1.29 is 33.3 Å². The second-order valence-corrected chi connectivity index (χ2v) is 8.82. The fourth-order valence-electron chi connectivity index (χ4n) is 3.07. The summed E-state index contributed by atoms with van der Waals surface area (Å²) < 4.78 is 23.1. The Morgan fingerprint density at radius 3 is 2.18 bits per heavy atom. The van der Waals surface area contributed by atoms with E-state index in [-0.39, 0.29) is 5.82 Å². The van der Waals surface area contributed by atoms with Gasteiger partial charge >= 0.3 is 23.6 Å². The highest BCUT2D eigenvalue weighted by molar-refractivity contribution is 5.73. The van der Waals surface area contributed by atoms with Crippen LogP contribution in [0.5, 0.6) is 0 Å². The molecular weight excluding hydrogens is 448 g/mol. The Balaban J connectivity index is 2.64. The van der Waals surface area contributed by atoms with Gasteiger partial charge in [-0.05, 0) is 6.07 Å². The number of aromatic nitrogens is 2. The van der Waals surface area contributed by atoms with Crippen molar-refractivity contribution in [3.8, 4) is 6.07 Å². The number of hydrogen-bond acceptors (Lipinski definition) is 11. The molecule has 3 unspecified atom stereocenters. The molecule has 1 fully saturated rings. The first-order valence-electron chi connectivity index (χ1n) is 10.9. The van der Waals surface area contributed by atoms with Crippen molar-refractivity contribution >= 4 is 23.7 Å². The minimum atomic E-state index is -2.28. The maximum absolute atomic E-state index is 12.7. The topological polar surface area (TPSA) is 173 Å². The standard InChI is InChI=1S/C22H30N4O8/c1-11(2)18(27)31-9-14-16(32-19(28)12(3)4)17(33-20(29)13(5)6)22(10-23,34-14)26-8-7-15(24)25-21(26)30/h7-8,11-14,16-17H,9H2,1-6H3,(H2,24,25,30)/t14-,16?,17?,22?/m1/s1.